The van der Waals surface area contributed by atoms with E-state index < -0.39 is 76.3 Å². The van der Waals surface area contributed by atoms with E-state index in [0.29, 0.717) is 18.2 Å². The van der Waals surface area contributed by atoms with Crippen LogP contribution in [-0.2, 0) is 5.54 Å². The van der Waals surface area contributed by atoms with Crippen LogP contribution in [0.2, 0.25) is 0 Å². The standard InChI is InChI=1S/C32H25F8NO3/c1-18(2)43-27-16-20(12-13-26(27)35)31(28(36)24-10-6-7-11-25(24)34,41-29(42)19-8-4-3-5-9-19)21-14-22(33)17-23(15-21)44-32(39,40)30(37)38/h3-18,28,30H,1-2H3,(H,41,42)/t28-,31-/m1/s1. The second kappa shape index (κ2) is 12.9. The van der Waals surface area contributed by atoms with Crippen molar-refractivity contribution in [1.29, 1.82) is 0 Å². The highest BCUT2D eigenvalue weighted by molar-refractivity contribution is 5.95. The van der Waals surface area contributed by atoms with Gasteiger partial charge in [-0.3, -0.25) is 4.79 Å². The van der Waals surface area contributed by atoms with Crippen LogP contribution in [0, 0.1) is 17.5 Å². The summed E-state index contributed by atoms with van der Waals surface area (Å²) >= 11 is 0. The van der Waals surface area contributed by atoms with Crippen molar-refractivity contribution in [2.75, 3.05) is 0 Å². The molecule has 0 aliphatic rings. The summed E-state index contributed by atoms with van der Waals surface area (Å²) in [4.78, 5) is 13.6. The summed E-state index contributed by atoms with van der Waals surface area (Å²) in [6.07, 6.45) is -12.7. The molecular formula is C32H25F8NO3. The van der Waals surface area contributed by atoms with Crippen molar-refractivity contribution in [3.63, 3.8) is 0 Å². The first-order valence-corrected chi connectivity index (χ1v) is 13.1. The molecule has 0 aromatic heterocycles. The molecule has 44 heavy (non-hydrogen) atoms. The third-order valence-corrected chi connectivity index (χ3v) is 6.49. The van der Waals surface area contributed by atoms with Crippen molar-refractivity contribution in [1.82, 2.24) is 5.32 Å². The van der Waals surface area contributed by atoms with Gasteiger partial charge in [0.15, 0.2) is 17.7 Å². The van der Waals surface area contributed by atoms with Gasteiger partial charge in [-0.1, -0.05) is 42.5 Å². The average Bonchev–Trinajstić information content (AvgIpc) is 2.96. The van der Waals surface area contributed by atoms with Crippen LogP contribution in [0.15, 0.2) is 91.0 Å². The second-order valence-corrected chi connectivity index (χ2v) is 9.96. The quantitative estimate of drug-likeness (QED) is 0.171. The van der Waals surface area contributed by atoms with Gasteiger partial charge in [-0.2, -0.15) is 17.6 Å². The van der Waals surface area contributed by atoms with Gasteiger partial charge < -0.3 is 14.8 Å². The van der Waals surface area contributed by atoms with Crippen molar-refractivity contribution in [3.8, 4) is 11.5 Å². The van der Waals surface area contributed by atoms with Gasteiger partial charge >= 0.3 is 12.5 Å². The SMILES string of the molecule is CC(C)Oc1cc([C@@](NC(=O)c2ccccc2)(c2cc(F)cc(OC(F)(F)C(F)F)c2)[C@H](F)c2ccccc2F)ccc1F. The van der Waals surface area contributed by atoms with Crippen molar-refractivity contribution in [3.05, 3.63) is 131 Å². The molecular weight excluding hydrogens is 598 g/mol. The van der Waals surface area contributed by atoms with Crippen LogP contribution in [0.25, 0.3) is 0 Å². The summed E-state index contributed by atoms with van der Waals surface area (Å²) in [6.45, 7) is 3.13. The van der Waals surface area contributed by atoms with Gasteiger partial charge in [0.2, 0.25) is 0 Å². The maximum atomic E-state index is 17.2. The molecule has 0 aliphatic carbocycles. The molecule has 0 unspecified atom stereocenters. The zero-order chi connectivity index (χ0) is 32.2. The summed E-state index contributed by atoms with van der Waals surface area (Å²) in [6, 6.07) is 16.1. The molecule has 0 fully saturated rings. The number of amides is 1. The number of carbonyl (C=O) groups is 1. The van der Waals surface area contributed by atoms with Crippen molar-refractivity contribution in [2.24, 2.45) is 0 Å². The molecule has 0 radical (unpaired) electrons. The highest BCUT2D eigenvalue weighted by atomic mass is 19.3. The van der Waals surface area contributed by atoms with Gasteiger partial charge in [-0.15, -0.1) is 0 Å². The van der Waals surface area contributed by atoms with Gasteiger partial charge in [0.05, 0.1) is 6.10 Å². The third kappa shape index (κ3) is 6.79. The molecule has 4 aromatic rings. The normalized spacial score (nSPS) is 13.8. The zero-order valence-corrected chi connectivity index (χ0v) is 23.1. The molecule has 4 nitrogen and oxygen atoms in total. The number of ether oxygens (including phenoxy) is 2. The van der Waals surface area contributed by atoms with Crippen LogP contribution in [0.1, 0.15) is 47.1 Å². The predicted octanol–water partition coefficient (Wildman–Crippen LogP) is 8.51. The Hall–Kier alpha value is -4.61. The number of nitrogens with one attached hydrogen (secondary N) is 1. The fourth-order valence-corrected chi connectivity index (χ4v) is 4.57. The lowest BCUT2D eigenvalue weighted by atomic mass is 9.75. The van der Waals surface area contributed by atoms with Gasteiger partial charge in [0.1, 0.15) is 22.9 Å². The molecule has 0 spiro atoms. The summed E-state index contributed by atoms with van der Waals surface area (Å²) in [7, 11) is 0. The summed E-state index contributed by atoms with van der Waals surface area (Å²) in [5, 5.41) is 2.43. The number of rotatable bonds is 11. The van der Waals surface area contributed by atoms with E-state index in [9.17, 15) is 26.7 Å². The topological polar surface area (TPSA) is 47.6 Å². The van der Waals surface area contributed by atoms with Gasteiger partial charge in [0, 0.05) is 17.2 Å². The van der Waals surface area contributed by atoms with Gasteiger partial charge in [-0.25, -0.2) is 17.6 Å². The molecule has 0 bridgehead atoms. The lowest BCUT2D eigenvalue weighted by molar-refractivity contribution is -0.253. The highest BCUT2D eigenvalue weighted by Gasteiger charge is 2.48. The number of hydrogen-bond donors (Lipinski definition) is 1. The monoisotopic (exact) mass is 623 g/mol. The fourth-order valence-electron chi connectivity index (χ4n) is 4.57. The Morgan fingerprint density at radius 2 is 1.43 bits per heavy atom. The Kier molecular flexibility index (Phi) is 9.50. The van der Waals surface area contributed by atoms with Crippen molar-refractivity contribution in [2.45, 2.75) is 44.2 Å². The van der Waals surface area contributed by atoms with Crippen LogP contribution in [0.5, 0.6) is 11.5 Å². The largest absolute Gasteiger partial charge is 0.488 e. The second-order valence-electron chi connectivity index (χ2n) is 9.96. The van der Waals surface area contributed by atoms with E-state index in [-0.39, 0.29) is 11.1 Å². The Labute approximate surface area is 247 Å². The van der Waals surface area contributed by atoms with E-state index in [1.54, 1.807) is 19.9 Å². The predicted molar refractivity (Wildman–Crippen MR) is 145 cm³/mol. The number of alkyl halides is 5. The molecule has 4 rings (SSSR count). The summed E-state index contributed by atoms with van der Waals surface area (Å²) < 4.78 is 125. The number of halogens is 8. The summed E-state index contributed by atoms with van der Waals surface area (Å²) in [5.41, 5.74) is -4.44. The van der Waals surface area contributed by atoms with E-state index in [1.807, 2.05) is 0 Å². The molecule has 0 saturated heterocycles. The Bertz CT molecular complexity index is 1620. The van der Waals surface area contributed by atoms with E-state index in [2.05, 4.69) is 10.1 Å². The zero-order valence-electron chi connectivity index (χ0n) is 23.1. The minimum absolute atomic E-state index is 0.0458. The maximum Gasteiger partial charge on any atom is 0.461 e. The van der Waals surface area contributed by atoms with Crippen molar-refractivity contribution >= 4 is 5.91 Å². The maximum absolute atomic E-state index is 17.2. The number of carbonyl (C=O) groups excluding carboxylic acids is 1. The van der Waals surface area contributed by atoms with E-state index in [4.69, 9.17) is 4.74 Å². The molecule has 2 atom stereocenters. The minimum atomic E-state index is -5.09. The third-order valence-electron chi connectivity index (χ3n) is 6.49. The molecule has 1 N–H and O–H groups in total. The number of benzene rings is 4. The van der Waals surface area contributed by atoms with Crippen LogP contribution in [-0.4, -0.2) is 24.5 Å². The first-order chi connectivity index (χ1) is 20.7. The summed E-state index contributed by atoms with van der Waals surface area (Å²) in [5.74, 6) is -5.96. The van der Waals surface area contributed by atoms with Crippen LogP contribution in [0.4, 0.5) is 35.1 Å². The minimum Gasteiger partial charge on any atom is -0.488 e. The lowest BCUT2D eigenvalue weighted by Gasteiger charge is -2.39. The highest BCUT2D eigenvalue weighted by Crippen LogP contribution is 2.47. The van der Waals surface area contributed by atoms with Gasteiger partial charge in [-0.05, 0) is 67.4 Å². The van der Waals surface area contributed by atoms with Crippen LogP contribution >= 0.6 is 0 Å². The Balaban J connectivity index is 2.08. The molecule has 0 aliphatic heterocycles. The molecule has 0 heterocycles. The van der Waals surface area contributed by atoms with E-state index in [0.717, 1.165) is 30.3 Å². The molecule has 0 saturated carbocycles. The average molecular weight is 624 g/mol. The van der Waals surface area contributed by atoms with Crippen LogP contribution in [0.3, 0.4) is 0 Å². The molecule has 232 valence electrons. The first kappa shape index (κ1) is 32.3. The smallest absolute Gasteiger partial charge is 0.461 e. The Morgan fingerprint density at radius 1 is 0.773 bits per heavy atom. The first-order valence-electron chi connectivity index (χ1n) is 13.1. The lowest BCUT2D eigenvalue weighted by Crippen LogP contribution is -2.50. The van der Waals surface area contributed by atoms with E-state index in [1.165, 1.54) is 36.4 Å². The van der Waals surface area contributed by atoms with Crippen molar-refractivity contribution < 1.29 is 49.4 Å². The molecule has 1 amide bonds. The van der Waals surface area contributed by atoms with Crippen LogP contribution < -0.4 is 14.8 Å². The van der Waals surface area contributed by atoms with Gasteiger partial charge in [0.25, 0.3) is 5.91 Å². The Morgan fingerprint density at radius 3 is 2.07 bits per heavy atom. The fraction of sp³-hybridized carbons (Fsp3) is 0.219. The number of hydrogen-bond acceptors (Lipinski definition) is 3. The molecule has 4 aromatic carbocycles. The van der Waals surface area contributed by atoms with E-state index >= 15 is 13.2 Å². The molecule has 12 heteroatoms.